The van der Waals surface area contributed by atoms with Crippen LogP contribution in [0.1, 0.15) is 32.3 Å². The highest BCUT2D eigenvalue weighted by molar-refractivity contribution is 6.34. The standard InChI is InChI=1S/C23H26Cl2FN7O/c1-23(2,11-24)12-29-21-19(26)18(25)17(14-8-30-32-20(14)21)15-9-33(7-6-28-15)10-16(27-3)31-22(34)13-4-5-13/h6,8-10,13,29H,3-5,7,11-12H2,1-2H3,(H,30,32)(H,31,34)/b16-10+. The molecule has 0 bridgehead atoms. The summed E-state index contributed by atoms with van der Waals surface area (Å²) >= 11 is 12.5. The molecule has 0 unspecified atom stereocenters. The van der Waals surface area contributed by atoms with Crippen molar-refractivity contribution in [2.24, 2.45) is 21.3 Å². The predicted octanol–water partition coefficient (Wildman–Crippen LogP) is 4.74. The Labute approximate surface area is 207 Å². The molecule has 1 fully saturated rings. The number of amides is 1. The van der Waals surface area contributed by atoms with Gasteiger partial charge in [-0.15, -0.1) is 11.6 Å². The van der Waals surface area contributed by atoms with E-state index in [9.17, 15) is 4.79 Å². The van der Waals surface area contributed by atoms with E-state index in [4.69, 9.17) is 23.2 Å². The highest BCUT2D eigenvalue weighted by Gasteiger charge is 2.30. The molecule has 1 aromatic heterocycles. The number of halogens is 3. The van der Waals surface area contributed by atoms with Gasteiger partial charge >= 0.3 is 0 Å². The summed E-state index contributed by atoms with van der Waals surface area (Å²) in [6.07, 6.45) is 8.40. The van der Waals surface area contributed by atoms with Crippen molar-refractivity contribution in [1.29, 1.82) is 0 Å². The van der Waals surface area contributed by atoms with E-state index in [1.165, 1.54) is 0 Å². The number of nitrogens with zero attached hydrogens (tertiary/aromatic N) is 4. The lowest BCUT2D eigenvalue weighted by atomic mass is 9.96. The van der Waals surface area contributed by atoms with E-state index >= 15 is 4.39 Å². The van der Waals surface area contributed by atoms with E-state index < -0.39 is 5.82 Å². The van der Waals surface area contributed by atoms with Crippen molar-refractivity contribution in [3.63, 3.8) is 0 Å². The lowest BCUT2D eigenvalue weighted by Crippen LogP contribution is -2.26. The first kappa shape index (κ1) is 24.2. The molecule has 180 valence electrons. The maximum atomic E-state index is 15.4. The summed E-state index contributed by atoms with van der Waals surface area (Å²) in [7, 11) is 0. The summed E-state index contributed by atoms with van der Waals surface area (Å²) in [6, 6.07) is 0. The van der Waals surface area contributed by atoms with Crippen LogP contribution in [0.4, 0.5) is 10.1 Å². The number of aromatic amines is 1. The highest BCUT2D eigenvalue weighted by Crippen LogP contribution is 2.40. The molecule has 1 aliphatic carbocycles. The molecule has 2 heterocycles. The van der Waals surface area contributed by atoms with E-state index in [1.807, 2.05) is 13.8 Å². The molecule has 2 aliphatic rings. The van der Waals surface area contributed by atoms with Crippen LogP contribution in [0.2, 0.25) is 5.02 Å². The zero-order valence-corrected chi connectivity index (χ0v) is 20.5. The molecule has 0 saturated heterocycles. The number of aliphatic imine (C=N–C) groups is 2. The van der Waals surface area contributed by atoms with Gasteiger partial charge in [-0.1, -0.05) is 25.4 Å². The van der Waals surface area contributed by atoms with Gasteiger partial charge in [-0.3, -0.25) is 14.9 Å². The summed E-state index contributed by atoms with van der Waals surface area (Å²) in [4.78, 5) is 22.2. The van der Waals surface area contributed by atoms with Gasteiger partial charge in [-0.2, -0.15) is 5.10 Å². The Hall–Kier alpha value is -2.91. The minimum absolute atomic E-state index is 0.0393. The average Bonchev–Trinajstić information content (AvgIpc) is 3.57. The second-order valence-corrected chi connectivity index (χ2v) is 9.79. The van der Waals surface area contributed by atoms with Crippen LogP contribution < -0.4 is 10.6 Å². The Morgan fingerprint density at radius 2 is 2.24 bits per heavy atom. The Balaban J connectivity index is 1.67. The second kappa shape index (κ2) is 9.76. The number of hydrogen-bond donors (Lipinski definition) is 3. The summed E-state index contributed by atoms with van der Waals surface area (Å²) in [5.41, 5.74) is 1.32. The lowest BCUT2D eigenvalue weighted by molar-refractivity contribution is -0.121. The number of fused-ring (bicyclic) bond motifs is 1. The Morgan fingerprint density at radius 1 is 1.47 bits per heavy atom. The van der Waals surface area contributed by atoms with Crippen molar-refractivity contribution >= 4 is 64.3 Å². The first-order chi connectivity index (χ1) is 16.2. The minimum atomic E-state index is -0.604. The molecule has 0 radical (unpaired) electrons. The Bertz CT molecular complexity index is 1210. The minimum Gasteiger partial charge on any atom is -0.380 e. The number of anilines is 1. The number of hydrogen-bond acceptors (Lipinski definition) is 6. The molecule has 34 heavy (non-hydrogen) atoms. The van der Waals surface area contributed by atoms with Crippen LogP contribution in [0.5, 0.6) is 0 Å². The van der Waals surface area contributed by atoms with Crippen LogP contribution in [0, 0.1) is 17.2 Å². The van der Waals surface area contributed by atoms with Crippen molar-refractivity contribution in [3.05, 3.63) is 40.8 Å². The molecule has 4 rings (SSSR count). The summed E-state index contributed by atoms with van der Waals surface area (Å²) in [5, 5.41) is 13.4. The van der Waals surface area contributed by atoms with Crippen molar-refractivity contribution < 1.29 is 9.18 Å². The van der Waals surface area contributed by atoms with Gasteiger partial charge in [0, 0.05) is 47.9 Å². The fraction of sp³-hybridized carbons (Fsp3) is 0.391. The third-order valence-electron chi connectivity index (χ3n) is 5.62. The molecule has 1 amide bonds. The summed E-state index contributed by atoms with van der Waals surface area (Å²) in [5.74, 6) is 0.104. The molecular formula is C23H26Cl2FN7O. The fourth-order valence-electron chi connectivity index (χ4n) is 3.44. The number of nitrogens with one attached hydrogen (secondary N) is 3. The molecule has 1 aromatic carbocycles. The molecule has 11 heteroatoms. The monoisotopic (exact) mass is 505 g/mol. The normalized spacial score (nSPS) is 16.6. The third-order valence-corrected chi connectivity index (χ3v) is 6.70. The van der Waals surface area contributed by atoms with Gasteiger partial charge in [0.15, 0.2) is 5.82 Å². The second-order valence-electron chi connectivity index (χ2n) is 9.15. The number of rotatable bonds is 9. The average molecular weight is 506 g/mol. The van der Waals surface area contributed by atoms with Gasteiger partial charge in [0.05, 0.1) is 34.7 Å². The van der Waals surface area contributed by atoms with Crippen molar-refractivity contribution in [3.8, 4) is 0 Å². The largest absolute Gasteiger partial charge is 0.380 e. The first-order valence-electron chi connectivity index (χ1n) is 10.9. The van der Waals surface area contributed by atoms with Crippen LogP contribution in [0.25, 0.3) is 16.6 Å². The number of benzene rings is 1. The summed E-state index contributed by atoms with van der Waals surface area (Å²) in [6.45, 7) is 8.37. The maximum Gasteiger partial charge on any atom is 0.228 e. The van der Waals surface area contributed by atoms with Crippen LogP contribution in [0.15, 0.2) is 34.4 Å². The van der Waals surface area contributed by atoms with Gasteiger partial charge in [0.25, 0.3) is 0 Å². The number of carbonyl (C=O) groups is 1. The van der Waals surface area contributed by atoms with Crippen molar-refractivity contribution in [1.82, 2.24) is 20.4 Å². The zero-order valence-electron chi connectivity index (χ0n) is 19.0. The lowest BCUT2D eigenvalue weighted by Gasteiger charge is -2.24. The van der Waals surface area contributed by atoms with Crippen LogP contribution in [-0.2, 0) is 4.79 Å². The van der Waals surface area contributed by atoms with E-state index in [0.717, 1.165) is 12.8 Å². The SMILES string of the molecule is C=N/C(=C\N1C=C(c2c(Cl)c(F)c(NCC(C)(C)CCl)c3[nH]ncc23)N=CC1)NC(=O)C1CC1. The van der Waals surface area contributed by atoms with E-state index in [1.54, 1.807) is 29.7 Å². The molecular weight excluding hydrogens is 480 g/mol. The van der Waals surface area contributed by atoms with Gasteiger partial charge in [0.2, 0.25) is 5.91 Å². The fourth-order valence-corrected chi connectivity index (χ4v) is 3.83. The Morgan fingerprint density at radius 3 is 2.91 bits per heavy atom. The molecule has 1 aliphatic heterocycles. The molecule has 3 N–H and O–H groups in total. The quantitative estimate of drug-likeness (QED) is 0.338. The number of carbonyl (C=O) groups excluding carboxylic acids is 1. The van der Waals surface area contributed by atoms with Gasteiger partial charge in [-0.25, -0.2) is 9.38 Å². The topological polar surface area (TPSA) is 97.8 Å². The molecule has 2 aromatic rings. The van der Waals surface area contributed by atoms with Gasteiger partial charge < -0.3 is 15.5 Å². The first-order valence-corrected chi connectivity index (χ1v) is 11.8. The Kier molecular flexibility index (Phi) is 6.95. The van der Waals surface area contributed by atoms with Gasteiger partial charge in [-0.05, 0) is 25.0 Å². The third kappa shape index (κ3) is 5.10. The number of alkyl halides is 1. The molecule has 0 atom stereocenters. The number of H-pyrrole nitrogens is 1. The van der Waals surface area contributed by atoms with Gasteiger partial charge in [0.1, 0.15) is 5.82 Å². The van der Waals surface area contributed by atoms with Crippen LogP contribution in [0.3, 0.4) is 0 Å². The zero-order chi connectivity index (χ0) is 24.5. The van der Waals surface area contributed by atoms with Crippen LogP contribution >= 0.6 is 23.2 Å². The van der Waals surface area contributed by atoms with E-state index in [0.29, 0.717) is 47.0 Å². The highest BCUT2D eigenvalue weighted by atomic mass is 35.5. The molecule has 1 saturated carbocycles. The molecule has 8 nitrogen and oxygen atoms in total. The maximum absolute atomic E-state index is 15.4. The number of aromatic nitrogens is 2. The predicted molar refractivity (Wildman–Crippen MR) is 136 cm³/mol. The van der Waals surface area contributed by atoms with Crippen molar-refractivity contribution in [2.75, 3.05) is 24.3 Å². The van der Waals surface area contributed by atoms with Crippen LogP contribution in [-0.4, -0.2) is 52.9 Å². The summed E-state index contributed by atoms with van der Waals surface area (Å²) < 4.78 is 15.4. The van der Waals surface area contributed by atoms with E-state index in [-0.39, 0.29) is 28.0 Å². The van der Waals surface area contributed by atoms with Crippen molar-refractivity contribution in [2.45, 2.75) is 26.7 Å². The van der Waals surface area contributed by atoms with E-state index in [2.05, 4.69) is 37.5 Å². The smallest absolute Gasteiger partial charge is 0.228 e. The molecule has 0 spiro atoms.